The summed E-state index contributed by atoms with van der Waals surface area (Å²) in [7, 11) is 1.44. The van der Waals surface area contributed by atoms with Gasteiger partial charge in [0.05, 0.1) is 18.7 Å². The molecule has 1 fully saturated rings. The molecule has 0 bridgehead atoms. The van der Waals surface area contributed by atoms with E-state index in [1.165, 1.54) is 18.1 Å². The van der Waals surface area contributed by atoms with Gasteiger partial charge in [0.1, 0.15) is 18.1 Å². The first-order chi connectivity index (χ1) is 17.8. The third kappa shape index (κ3) is 5.31. The Morgan fingerprint density at radius 1 is 1.00 bits per heavy atom. The van der Waals surface area contributed by atoms with Crippen LogP contribution in [0.4, 0.5) is 0 Å². The van der Waals surface area contributed by atoms with Crippen LogP contribution in [0.5, 0.6) is 17.2 Å². The number of hydrogen-bond acceptors (Lipinski definition) is 6. The van der Waals surface area contributed by atoms with Gasteiger partial charge in [0.2, 0.25) is 0 Å². The number of benzene rings is 3. The van der Waals surface area contributed by atoms with Gasteiger partial charge in [0.15, 0.2) is 11.5 Å². The molecule has 0 aliphatic carbocycles. The Balaban J connectivity index is 1.72. The van der Waals surface area contributed by atoms with Crippen molar-refractivity contribution in [2.75, 3.05) is 13.7 Å². The number of rotatable bonds is 9. The highest BCUT2D eigenvalue weighted by molar-refractivity contribution is 6.46. The molecule has 192 valence electrons. The molecule has 7 heteroatoms. The summed E-state index contributed by atoms with van der Waals surface area (Å²) in [5, 5.41) is 21.7. The standard InChI is InChI=1S/C30H31NO6/c1-4-5-15-31-27(21-11-14-25(36-3)23(32)17-21)26(29(34)30(31)35)28(33)22-12-13-24(19(2)16-22)37-18-20-9-7-6-8-10-20/h6-14,16-17,27,32-33H,4-5,15,18H2,1-3H3/b28-26-. The highest BCUT2D eigenvalue weighted by Gasteiger charge is 2.46. The molecule has 2 N–H and O–H groups in total. The summed E-state index contributed by atoms with van der Waals surface area (Å²) >= 11 is 0. The van der Waals surface area contributed by atoms with E-state index in [9.17, 15) is 19.8 Å². The molecule has 0 spiro atoms. The first-order valence-corrected chi connectivity index (χ1v) is 12.3. The molecule has 7 nitrogen and oxygen atoms in total. The summed E-state index contributed by atoms with van der Waals surface area (Å²) < 4.78 is 11.1. The number of nitrogens with zero attached hydrogens (tertiary/aromatic N) is 1. The number of aliphatic hydroxyl groups excluding tert-OH is 1. The van der Waals surface area contributed by atoms with Crippen molar-refractivity contribution in [3.63, 3.8) is 0 Å². The molecule has 0 aromatic heterocycles. The number of methoxy groups -OCH3 is 1. The van der Waals surface area contributed by atoms with Gasteiger partial charge in [0, 0.05) is 12.1 Å². The van der Waals surface area contributed by atoms with Crippen molar-refractivity contribution < 1.29 is 29.3 Å². The van der Waals surface area contributed by atoms with Crippen LogP contribution >= 0.6 is 0 Å². The van der Waals surface area contributed by atoms with Crippen LogP contribution in [0.1, 0.15) is 48.1 Å². The molecule has 1 atom stereocenters. The Hall–Kier alpha value is -4.26. The minimum Gasteiger partial charge on any atom is -0.507 e. The smallest absolute Gasteiger partial charge is 0.295 e. The molecule has 1 aliphatic heterocycles. The summed E-state index contributed by atoms with van der Waals surface area (Å²) in [6, 6.07) is 18.8. The zero-order chi connectivity index (χ0) is 26.5. The van der Waals surface area contributed by atoms with Gasteiger partial charge in [-0.2, -0.15) is 0 Å². The van der Waals surface area contributed by atoms with Crippen LogP contribution < -0.4 is 9.47 Å². The van der Waals surface area contributed by atoms with Gasteiger partial charge in [-0.3, -0.25) is 9.59 Å². The highest BCUT2D eigenvalue weighted by atomic mass is 16.5. The largest absolute Gasteiger partial charge is 0.507 e. The van der Waals surface area contributed by atoms with Crippen molar-refractivity contribution >= 4 is 17.4 Å². The molecule has 3 aromatic carbocycles. The lowest BCUT2D eigenvalue weighted by atomic mass is 9.94. The molecule has 0 radical (unpaired) electrons. The fourth-order valence-corrected chi connectivity index (χ4v) is 4.51. The zero-order valence-corrected chi connectivity index (χ0v) is 21.2. The lowest BCUT2D eigenvalue weighted by molar-refractivity contribution is -0.139. The number of phenolic OH excluding ortho intramolecular Hbond substituents is 1. The fraction of sp³-hybridized carbons (Fsp3) is 0.267. The van der Waals surface area contributed by atoms with E-state index in [1.807, 2.05) is 44.2 Å². The normalized spacial score (nSPS) is 16.7. The number of aryl methyl sites for hydroxylation is 1. The summed E-state index contributed by atoms with van der Waals surface area (Å²) in [6.07, 6.45) is 1.52. The average Bonchev–Trinajstić information content (AvgIpc) is 3.16. The maximum absolute atomic E-state index is 13.2. The van der Waals surface area contributed by atoms with E-state index >= 15 is 0 Å². The molecular formula is C30H31NO6. The molecule has 0 saturated carbocycles. The van der Waals surface area contributed by atoms with Crippen LogP contribution in [-0.4, -0.2) is 40.5 Å². The predicted molar refractivity (Wildman–Crippen MR) is 141 cm³/mol. The number of carbonyl (C=O) groups is 2. The minimum atomic E-state index is -0.835. The van der Waals surface area contributed by atoms with E-state index in [2.05, 4.69) is 0 Å². The quantitative estimate of drug-likeness (QED) is 0.228. The number of hydrogen-bond donors (Lipinski definition) is 2. The van der Waals surface area contributed by atoms with Crippen molar-refractivity contribution in [1.29, 1.82) is 0 Å². The molecule has 4 rings (SSSR count). The van der Waals surface area contributed by atoms with Crippen LogP contribution in [0, 0.1) is 6.92 Å². The SMILES string of the molecule is CCCCN1C(=O)C(=O)/C(=C(\O)c2ccc(OCc3ccccc3)c(C)c2)C1c1ccc(OC)c(O)c1. The lowest BCUT2D eigenvalue weighted by Gasteiger charge is -2.25. The monoisotopic (exact) mass is 501 g/mol. The number of phenols is 1. The third-order valence-electron chi connectivity index (χ3n) is 6.50. The maximum atomic E-state index is 13.2. The molecular weight excluding hydrogens is 470 g/mol. The van der Waals surface area contributed by atoms with Crippen molar-refractivity contribution in [3.05, 3.63) is 94.6 Å². The molecule has 1 amide bonds. The van der Waals surface area contributed by atoms with E-state index in [0.29, 0.717) is 36.4 Å². The van der Waals surface area contributed by atoms with Crippen molar-refractivity contribution in [3.8, 4) is 17.2 Å². The molecule has 1 saturated heterocycles. The second-order valence-electron chi connectivity index (χ2n) is 9.03. The molecule has 1 heterocycles. The van der Waals surface area contributed by atoms with Crippen LogP contribution in [-0.2, 0) is 16.2 Å². The maximum Gasteiger partial charge on any atom is 0.295 e. The predicted octanol–water partition coefficient (Wildman–Crippen LogP) is 5.51. The minimum absolute atomic E-state index is 0.0111. The number of ether oxygens (including phenoxy) is 2. The van der Waals surface area contributed by atoms with Crippen LogP contribution in [0.25, 0.3) is 5.76 Å². The van der Waals surface area contributed by atoms with Crippen molar-refractivity contribution in [2.45, 2.75) is 39.3 Å². The van der Waals surface area contributed by atoms with E-state index in [-0.39, 0.29) is 22.8 Å². The van der Waals surface area contributed by atoms with Gasteiger partial charge in [-0.25, -0.2) is 0 Å². The Labute approximate surface area is 216 Å². The molecule has 1 unspecified atom stereocenters. The van der Waals surface area contributed by atoms with Crippen LogP contribution in [0.3, 0.4) is 0 Å². The number of Topliss-reactive ketones (excluding diaryl/α,β-unsaturated/α-hetero) is 1. The Morgan fingerprint density at radius 3 is 2.38 bits per heavy atom. The lowest BCUT2D eigenvalue weighted by Crippen LogP contribution is -2.30. The number of amides is 1. The van der Waals surface area contributed by atoms with Gasteiger partial charge in [-0.1, -0.05) is 49.7 Å². The second kappa shape index (κ2) is 11.2. The number of likely N-dealkylation sites (tertiary alicyclic amines) is 1. The van der Waals surface area contributed by atoms with Crippen molar-refractivity contribution in [2.24, 2.45) is 0 Å². The summed E-state index contributed by atoms with van der Waals surface area (Å²) in [6.45, 7) is 4.60. The average molecular weight is 502 g/mol. The number of ketones is 1. The topological polar surface area (TPSA) is 96.3 Å². The molecule has 1 aliphatic rings. The number of aromatic hydroxyl groups is 1. The fourth-order valence-electron chi connectivity index (χ4n) is 4.51. The molecule has 3 aromatic rings. The van der Waals surface area contributed by atoms with E-state index in [0.717, 1.165) is 17.5 Å². The first-order valence-electron chi connectivity index (χ1n) is 12.3. The number of carbonyl (C=O) groups excluding carboxylic acids is 2. The first kappa shape index (κ1) is 25.8. The Kier molecular flexibility index (Phi) is 7.82. The van der Waals surface area contributed by atoms with Crippen molar-refractivity contribution in [1.82, 2.24) is 4.90 Å². The van der Waals surface area contributed by atoms with Crippen LogP contribution in [0.2, 0.25) is 0 Å². The van der Waals surface area contributed by atoms with Gasteiger partial charge < -0.3 is 24.6 Å². The Morgan fingerprint density at radius 2 is 1.73 bits per heavy atom. The third-order valence-corrected chi connectivity index (χ3v) is 6.50. The second-order valence-corrected chi connectivity index (χ2v) is 9.03. The summed E-state index contributed by atoms with van der Waals surface area (Å²) in [5.41, 5.74) is 2.71. The van der Waals surface area contributed by atoms with E-state index in [1.54, 1.807) is 30.3 Å². The number of aliphatic hydroxyl groups is 1. The number of unbranched alkanes of at least 4 members (excludes halogenated alkanes) is 1. The highest BCUT2D eigenvalue weighted by Crippen LogP contribution is 2.42. The van der Waals surface area contributed by atoms with Gasteiger partial charge >= 0.3 is 0 Å². The van der Waals surface area contributed by atoms with Gasteiger partial charge in [-0.05, 0) is 60.4 Å². The zero-order valence-electron chi connectivity index (χ0n) is 21.2. The van der Waals surface area contributed by atoms with E-state index in [4.69, 9.17) is 9.47 Å². The molecule has 37 heavy (non-hydrogen) atoms. The van der Waals surface area contributed by atoms with Crippen LogP contribution in [0.15, 0.2) is 72.3 Å². The van der Waals surface area contributed by atoms with E-state index < -0.39 is 17.7 Å². The summed E-state index contributed by atoms with van der Waals surface area (Å²) in [4.78, 5) is 27.7. The van der Waals surface area contributed by atoms with Gasteiger partial charge in [-0.15, -0.1) is 0 Å². The Bertz CT molecular complexity index is 1330. The van der Waals surface area contributed by atoms with Gasteiger partial charge in [0.25, 0.3) is 11.7 Å². The summed E-state index contributed by atoms with van der Waals surface area (Å²) in [5.74, 6) is -0.880.